The van der Waals surface area contributed by atoms with Crippen LogP contribution in [0.25, 0.3) is 0 Å². The van der Waals surface area contributed by atoms with E-state index < -0.39 is 10.0 Å². The molecule has 0 aliphatic heterocycles. The van der Waals surface area contributed by atoms with Gasteiger partial charge in [0.15, 0.2) is 4.34 Å². The number of thioether (sulfide) groups is 1. The maximum absolute atomic E-state index is 12.0. The van der Waals surface area contributed by atoms with Gasteiger partial charge in [-0.2, -0.15) is 0 Å². The van der Waals surface area contributed by atoms with Crippen LogP contribution in [-0.4, -0.2) is 43.1 Å². The molecular weight excluding hydrogens is 416 g/mol. The van der Waals surface area contributed by atoms with Gasteiger partial charge in [-0.1, -0.05) is 41.6 Å². The minimum atomic E-state index is -3.46. The van der Waals surface area contributed by atoms with E-state index in [1.807, 2.05) is 6.92 Å². The third-order valence-electron chi connectivity index (χ3n) is 3.20. The largest absolute Gasteiger partial charge is 0.301 e. The second-order valence-electron chi connectivity index (χ2n) is 5.27. The van der Waals surface area contributed by atoms with Crippen LogP contribution < -0.4 is 9.62 Å². The summed E-state index contributed by atoms with van der Waals surface area (Å²) in [5.41, 5.74) is 0.516. The Morgan fingerprint density at radius 1 is 1.31 bits per heavy atom. The maximum atomic E-state index is 12.0. The lowest BCUT2D eigenvalue weighted by atomic mass is 10.2. The number of carbonyl (C=O) groups excluding carboxylic acids is 1. The standard InChI is InChI=1S/C15H19ClN4O3S3/c1-3-24-15-19-18-14(25-15)17-13(21)5-4-10-20(26(2,22)23)12-8-6-11(16)7-9-12/h6-9H,3-5,10H2,1-2H3,(H,17,18,21). The molecule has 2 rings (SSSR count). The van der Waals surface area contributed by atoms with Gasteiger partial charge in [0.1, 0.15) is 0 Å². The fraction of sp³-hybridized carbons (Fsp3) is 0.400. The number of sulfonamides is 1. The van der Waals surface area contributed by atoms with Gasteiger partial charge in [0.2, 0.25) is 21.1 Å². The number of anilines is 2. The lowest BCUT2D eigenvalue weighted by Gasteiger charge is -2.22. The van der Waals surface area contributed by atoms with E-state index in [1.165, 1.54) is 15.6 Å². The molecule has 1 aromatic heterocycles. The van der Waals surface area contributed by atoms with Crippen molar-refractivity contribution in [2.45, 2.75) is 24.1 Å². The molecule has 11 heteroatoms. The fourth-order valence-corrected chi connectivity index (χ4v) is 4.86. The molecular formula is C15H19ClN4O3S3. The molecule has 1 heterocycles. The number of nitrogens with zero attached hydrogens (tertiary/aromatic N) is 3. The molecule has 0 saturated carbocycles. The lowest BCUT2D eigenvalue weighted by molar-refractivity contribution is -0.116. The highest BCUT2D eigenvalue weighted by molar-refractivity contribution is 8.01. The van der Waals surface area contributed by atoms with Crippen molar-refractivity contribution in [3.05, 3.63) is 29.3 Å². The van der Waals surface area contributed by atoms with Crippen molar-refractivity contribution in [1.29, 1.82) is 0 Å². The summed E-state index contributed by atoms with van der Waals surface area (Å²) in [5.74, 6) is 0.660. The topological polar surface area (TPSA) is 92.3 Å². The van der Waals surface area contributed by atoms with E-state index in [9.17, 15) is 13.2 Å². The van der Waals surface area contributed by atoms with Crippen LogP contribution in [0.3, 0.4) is 0 Å². The monoisotopic (exact) mass is 434 g/mol. The molecule has 26 heavy (non-hydrogen) atoms. The number of hydrogen-bond acceptors (Lipinski definition) is 7. The molecule has 0 radical (unpaired) electrons. The Labute approximate surface area is 166 Å². The third-order valence-corrected chi connectivity index (χ3v) is 6.50. The van der Waals surface area contributed by atoms with Crippen LogP contribution in [0.4, 0.5) is 10.8 Å². The lowest BCUT2D eigenvalue weighted by Crippen LogP contribution is -2.31. The molecule has 1 N–H and O–H groups in total. The molecule has 0 aliphatic rings. The van der Waals surface area contributed by atoms with E-state index in [2.05, 4.69) is 15.5 Å². The zero-order chi connectivity index (χ0) is 19.2. The summed E-state index contributed by atoms with van der Waals surface area (Å²) in [5, 5.41) is 11.5. The molecule has 1 amide bonds. The van der Waals surface area contributed by atoms with Crippen LogP contribution in [-0.2, 0) is 14.8 Å². The average Bonchev–Trinajstić information content (AvgIpc) is 2.99. The zero-order valence-corrected chi connectivity index (χ0v) is 17.5. The summed E-state index contributed by atoms with van der Waals surface area (Å²) in [4.78, 5) is 12.0. The van der Waals surface area contributed by atoms with Crippen LogP contribution in [0.5, 0.6) is 0 Å². The van der Waals surface area contributed by atoms with Gasteiger partial charge < -0.3 is 5.32 Å². The molecule has 0 spiro atoms. The molecule has 1 aromatic carbocycles. The molecule has 0 saturated heterocycles. The molecule has 7 nitrogen and oxygen atoms in total. The van der Waals surface area contributed by atoms with Gasteiger partial charge in [-0.3, -0.25) is 9.10 Å². The fourth-order valence-electron chi connectivity index (χ4n) is 2.10. The second kappa shape index (κ2) is 9.54. The van der Waals surface area contributed by atoms with Crippen molar-refractivity contribution in [2.75, 3.05) is 28.2 Å². The van der Waals surface area contributed by atoms with Crippen LogP contribution in [0.2, 0.25) is 5.02 Å². The molecule has 0 bridgehead atoms. The molecule has 0 fully saturated rings. The first-order chi connectivity index (χ1) is 12.3. The molecule has 142 valence electrons. The first-order valence-corrected chi connectivity index (χ1v) is 11.8. The summed E-state index contributed by atoms with van der Waals surface area (Å²) >= 11 is 8.72. The second-order valence-corrected chi connectivity index (χ2v) is 10.1. The molecule has 0 atom stereocenters. The number of nitrogens with one attached hydrogen (secondary N) is 1. The van der Waals surface area contributed by atoms with Crippen molar-refractivity contribution in [1.82, 2.24) is 10.2 Å². The smallest absolute Gasteiger partial charge is 0.232 e. The minimum absolute atomic E-state index is 0.176. The van der Waals surface area contributed by atoms with Crippen molar-refractivity contribution in [3.63, 3.8) is 0 Å². The van der Waals surface area contributed by atoms with Gasteiger partial charge in [-0.05, 0) is 36.4 Å². The zero-order valence-electron chi connectivity index (χ0n) is 14.3. The quantitative estimate of drug-likeness (QED) is 0.479. The van der Waals surface area contributed by atoms with E-state index >= 15 is 0 Å². The van der Waals surface area contributed by atoms with Gasteiger partial charge in [0, 0.05) is 18.0 Å². The summed E-state index contributed by atoms with van der Waals surface area (Å²) in [7, 11) is -3.46. The van der Waals surface area contributed by atoms with Crippen LogP contribution in [0.1, 0.15) is 19.8 Å². The van der Waals surface area contributed by atoms with E-state index in [1.54, 1.807) is 36.0 Å². The van der Waals surface area contributed by atoms with E-state index in [4.69, 9.17) is 11.6 Å². The summed E-state index contributed by atoms with van der Waals surface area (Å²) in [6.45, 7) is 2.21. The highest BCUT2D eigenvalue weighted by Gasteiger charge is 2.18. The first kappa shape index (κ1) is 20.9. The third kappa shape index (κ3) is 6.42. The maximum Gasteiger partial charge on any atom is 0.232 e. The van der Waals surface area contributed by atoms with E-state index in [0.717, 1.165) is 16.3 Å². The molecule has 0 unspecified atom stereocenters. The van der Waals surface area contributed by atoms with Gasteiger partial charge in [0.25, 0.3) is 0 Å². The Morgan fingerprint density at radius 2 is 2.00 bits per heavy atom. The SMILES string of the molecule is CCSc1nnc(NC(=O)CCCN(c2ccc(Cl)cc2)S(C)(=O)=O)s1. The molecule has 2 aromatic rings. The summed E-state index contributed by atoms with van der Waals surface area (Å²) in [6, 6.07) is 6.53. The average molecular weight is 435 g/mol. The summed E-state index contributed by atoms with van der Waals surface area (Å²) < 4.78 is 26.1. The Balaban J connectivity index is 1.90. The number of hydrogen-bond donors (Lipinski definition) is 1. The summed E-state index contributed by atoms with van der Waals surface area (Å²) in [6.07, 6.45) is 1.68. The van der Waals surface area contributed by atoms with Gasteiger partial charge >= 0.3 is 0 Å². The van der Waals surface area contributed by atoms with E-state index in [-0.39, 0.29) is 18.9 Å². The van der Waals surface area contributed by atoms with Gasteiger partial charge in [-0.15, -0.1) is 10.2 Å². The number of benzene rings is 1. The van der Waals surface area contributed by atoms with Crippen molar-refractivity contribution < 1.29 is 13.2 Å². The van der Waals surface area contributed by atoms with Gasteiger partial charge in [-0.25, -0.2) is 8.42 Å². The van der Waals surface area contributed by atoms with Crippen LogP contribution in [0.15, 0.2) is 28.6 Å². The van der Waals surface area contributed by atoms with Gasteiger partial charge in [0.05, 0.1) is 11.9 Å². The number of aromatic nitrogens is 2. The Morgan fingerprint density at radius 3 is 2.62 bits per heavy atom. The predicted molar refractivity (Wildman–Crippen MR) is 108 cm³/mol. The van der Waals surface area contributed by atoms with Crippen molar-refractivity contribution in [3.8, 4) is 0 Å². The van der Waals surface area contributed by atoms with Crippen molar-refractivity contribution in [2.24, 2.45) is 0 Å². The minimum Gasteiger partial charge on any atom is -0.301 e. The number of carbonyl (C=O) groups is 1. The normalized spacial score (nSPS) is 11.3. The van der Waals surface area contributed by atoms with Crippen molar-refractivity contribution >= 4 is 61.4 Å². The van der Waals surface area contributed by atoms with Crippen LogP contribution in [0, 0.1) is 0 Å². The Hall–Kier alpha value is -1.36. The number of amides is 1. The Bertz CT molecular complexity index is 840. The molecule has 0 aliphatic carbocycles. The predicted octanol–water partition coefficient (Wildman–Crippen LogP) is 3.49. The first-order valence-electron chi connectivity index (χ1n) is 7.79. The Kier molecular flexibility index (Phi) is 7.69. The van der Waals surface area contributed by atoms with E-state index in [0.29, 0.717) is 22.3 Å². The number of halogens is 1. The highest BCUT2D eigenvalue weighted by Crippen LogP contribution is 2.25. The highest BCUT2D eigenvalue weighted by atomic mass is 35.5. The van der Waals surface area contributed by atoms with Crippen LogP contribution >= 0.6 is 34.7 Å². The number of rotatable bonds is 9.